The Morgan fingerprint density at radius 1 is 1.17 bits per heavy atom. The number of hydrogen-bond donors (Lipinski definition) is 2. The molecule has 1 unspecified atom stereocenters. The van der Waals surface area contributed by atoms with Gasteiger partial charge in [0.2, 0.25) is 11.8 Å². The van der Waals surface area contributed by atoms with Crippen molar-refractivity contribution in [3.63, 3.8) is 0 Å². The van der Waals surface area contributed by atoms with Gasteiger partial charge in [0.15, 0.2) is 0 Å². The van der Waals surface area contributed by atoms with E-state index in [2.05, 4.69) is 5.32 Å². The number of carbonyl (C=O) groups excluding carboxylic acids is 4. The maximum Gasteiger partial charge on any atom is 0.405 e. The molecule has 12 heteroatoms. The molecule has 2 aliphatic rings. The average Bonchev–Trinajstić information content (AvgIpc) is 3.29. The number of nitrogens with one attached hydrogen (secondary N) is 2. The Hall–Kier alpha value is -2.76. The van der Waals surface area contributed by atoms with Gasteiger partial charge in [-0.1, -0.05) is 23.9 Å². The quantitative estimate of drug-likeness (QED) is 0.727. The van der Waals surface area contributed by atoms with Crippen LogP contribution in [0.1, 0.15) is 18.4 Å². The van der Waals surface area contributed by atoms with Gasteiger partial charge in [-0.05, 0) is 30.5 Å². The highest BCUT2D eigenvalue weighted by atomic mass is 32.2. The number of urea groups is 1. The van der Waals surface area contributed by atoms with Gasteiger partial charge in [0.25, 0.3) is 5.24 Å². The first kappa shape index (κ1) is 21.9. The Morgan fingerprint density at radius 2 is 1.87 bits per heavy atom. The molecule has 2 aliphatic heterocycles. The molecular formula is C18H19F3N4O4S. The third-order valence-electron chi connectivity index (χ3n) is 4.67. The molecule has 3 rings (SSSR count). The van der Waals surface area contributed by atoms with Crippen LogP contribution in [0.15, 0.2) is 24.3 Å². The summed E-state index contributed by atoms with van der Waals surface area (Å²) < 4.78 is 36.9. The average molecular weight is 444 g/mol. The Morgan fingerprint density at radius 3 is 2.47 bits per heavy atom. The number of hydrogen-bond acceptors (Lipinski definition) is 5. The molecule has 0 bridgehead atoms. The molecule has 0 radical (unpaired) electrons. The summed E-state index contributed by atoms with van der Waals surface area (Å²) in [7, 11) is 0. The molecule has 0 aromatic heterocycles. The number of rotatable bonds is 5. The lowest BCUT2D eigenvalue weighted by molar-refractivity contribution is -0.140. The highest BCUT2D eigenvalue weighted by molar-refractivity contribution is 8.14. The van der Waals surface area contributed by atoms with Crippen molar-refractivity contribution in [3.8, 4) is 0 Å². The van der Waals surface area contributed by atoms with Crippen molar-refractivity contribution in [1.29, 1.82) is 0 Å². The smallest absolute Gasteiger partial charge is 0.345 e. The summed E-state index contributed by atoms with van der Waals surface area (Å²) in [6.45, 7) is -1.06. The number of amides is 5. The van der Waals surface area contributed by atoms with Crippen LogP contribution in [0.25, 0.3) is 0 Å². The molecule has 1 aromatic carbocycles. The van der Waals surface area contributed by atoms with Crippen LogP contribution in [-0.4, -0.2) is 63.9 Å². The Labute approximate surface area is 174 Å². The fraction of sp³-hybridized carbons (Fsp3) is 0.444. The van der Waals surface area contributed by atoms with Crippen LogP contribution >= 0.6 is 11.8 Å². The number of likely N-dealkylation sites (tertiary alicyclic amines) is 1. The van der Waals surface area contributed by atoms with Crippen molar-refractivity contribution in [3.05, 3.63) is 29.8 Å². The van der Waals surface area contributed by atoms with E-state index in [9.17, 15) is 32.3 Å². The predicted octanol–water partition coefficient (Wildman–Crippen LogP) is 2.56. The molecule has 2 saturated heterocycles. The van der Waals surface area contributed by atoms with Crippen LogP contribution in [0.4, 0.5) is 28.4 Å². The first-order valence-electron chi connectivity index (χ1n) is 9.12. The van der Waals surface area contributed by atoms with Gasteiger partial charge in [0.1, 0.15) is 12.6 Å². The summed E-state index contributed by atoms with van der Waals surface area (Å²) in [6, 6.07) is 4.92. The largest absolute Gasteiger partial charge is 0.405 e. The van der Waals surface area contributed by atoms with E-state index in [0.717, 1.165) is 16.7 Å². The normalized spacial score (nSPS) is 19.4. The van der Waals surface area contributed by atoms with Gasteiger partial charge in [0.05, 0.1) is 12.3 Å². The lowest BCUT2D eigenvalue weighted by atomic mass is 10.2. The number of thioether (sulfide) groups is 1. The van der Waals surface area contributed by atoms with Crippen molar-refractivity contribution < 1.29 is 32.3 Å². The van der Waals surface area contributed by atoms with E-state index in [-0.39, 0.29) is 36.4 Å². The topological polar surface area (TPSA) is 98.8 Å². The number of benzene rings is 1. The van der Waals surface area contributed by atoms with Crippen LogP contribution in [0.2, 0.25) is 0 Å². The van der Waals surface area contributed by atoms with Crippen LogP contribution in [0.3, 0.4) is 0 Å². The zero-order chi connectivity index (χ0) is 21.9. The first-order valence-corrected chi connectivity index (χ1v) is 10.1. The Kier molecular flexibility index (Phi) is 6.54. The third kappa shape index (κ3) is 5.43. The standard InChI is InChI=1S/C18H19F3N4O4S/c19-18(20,21)10-22-15(27)13-2-1-7-24(13)16(28)23-12-5-3-11(4-6-12)8-25-14(26)9-30-17(25)29/h3-6,13H,1-2,7-10H2,(H,22,27)(H,23,28). The van der Waals surface area contributed by atoms with Crippen molar-refractivity contribution in [2.24, 2.45) is 0 Å². The number of halogens is 3. The molecule has 1 aromatic rings. The minimum atomic E-state index is -4.52. The summed E-state index contributed by atoms with van der Waals surface area (Å²) in [5.41, 5.74) is 1.11. The molecule has 0 saturated carbocycles. The number of carbonyl (C=O) groups is 4. The molecule has 0 spiro atoms. The van der Waals surface area contributed by atoms with Crippen LogP contribution in [-0.2, 0) is 16.1 Å². The zero-order valence-corrected chi connectivity index (χ0v) is 16.5. The summed E-state index contributed by atoms with van der Waals surface area (Å²) in [5, 5.41) is 4.12. The second kappa shape index (κ2) is 8.94. The van der Waals surface area contributed by atoms with Crippen molar-refractivity contribution in [2.45, 2.75) is 31.6 Å². The summed E-state index contributed by atoms with van der Waals surface area (Å²) in [4.78, 5) is 50.2. The summed E-state index contributed by atoms with van der Waals surface area (Å²) in [5.74, 6) is -0.972. The molecule has 2 heterocycles. The van der Waals surface area contributed by atoms with Gasteiger partial charge >= 0.3 is 12.2 Å². The van der Waals surface area contributed by atoms with Crippen LogP contribution in [0.5, 0.6) is 0 Å². The van der Waals surface area contributed by atoms with Crippen molar-refractivity contribution in [1.82, 2.24) is 15.1 Å². The molecule has 5 amide bonds. The summed E-state index contributed by atoms with van der Waals surface area (Å²) in [6.07, 6.45) is -3.73. The maximum absolute atomic E-state index is 12.5. The predicted molar refractivity (Wildman–Crippen MR) is 103 cm³/mol. The molecule has 1 atom stereocenters. The SMILES string of the molecule is O=C(NCC(F)(F)F)C1CCCN1C(=O)Nc1ccc(CN2C(=O)CSC2=O)cc1. The van der Waals surface area contributed by atoms with Gasteiger partial charge in [-0.3, -0.25) is 19.3 Å². The van der Waals surface area contributed by atoms with Crippen molar-refractivity contribution in [2.75, 3.05) is 24.2 Å². The van der Waals surface area contributed by atoms with E-state index < -0.39 is 30.7 Å². The van der Waals surface area contributed by atoms with Gasteiger partial charge in [0, 0.05) is 12.2 Å². The van der Waals surface area contributed by atoms with Gasteiger partial charge in [-0.2, -0.15) is 13.2 Å². The highest BCUT2D eigenvalue weighted by Gasteiger charge is 2.36. The minimum absolute atomic E-state index is 0.126. The molecule has 162 valence electrons. The van der Waals surface area contributed by atoms with E-state index in [0.29, 0.717) is 17.7 Å². The van der Waals surface area contributed by atoms with Crippen LogP contribution in [0, 0.1) is 0 Å². The van der Waals surface area contributed by atoms with E-state index in [4.69, 9.17) is 0 Å². The molecular weight excluding hydrogens is 425 g/mol. The van der Waals surface area contributed by atoms with E-state index in [1.807, 2.05) is 5.32 Å². The van der Waals surface area contributed by atoms with Gasteiger partial charge < -0.3 is 15.5 Å². The van der Waals surface area contributed by atoms with Gasteiger partial charge in [-0.15, -0.1) is 0 Å². The van der Waals surface area contributed by atoms with Crippen LogP contribution < -0.4 is 10.6 Å². The molecule has 2 N–H and O–H groups in total. The molecule has 0 aliphatic carbocycles. The number of alkyl halides is 3. The first-order chi connectivity index (χ1) is 14.1. The molecule has 2 fully saturated rings. The molecule has 30 heavy (non-hydrogen) atoms. The Bertz CT molecular complexity index is 831. The fourth-order valence-corrected chi connectivity index (χ4v) is 3.92. The lowest BCUT2D eigenvalue weighted by Gasteiger charge is -2.24. The lowest BCUT2D eigenvalue weighted by Crippen LogP contribution is -2.49. The second-order valence-electron chi connectivity index (χ2n) is 6.85. The number of nitrogens with zero attached hydrogens (tertiary/aromatic N) is 2. The zero-order valence-electron chi connectivity index (χ0n) is 15.7. The Balaban J connectivity index is 1.56. The number of imide groups is 1. The summed E-state index contributed by atoms with van der Waals surface area (Å²) >= 11 is 0.945. The van der Waals surface area contributed by atoms with E-state index >= 15 is 0 Å². The minimum Gasteiger partial charge on any atom is -0.345 e. The van der Waals surface area contributed by atoms with E-state index in [1.165, 1.54) is 4.90 Å². The third-order valence-corrected chi connectivity index (χ3v) is 5.52. The highest BCUT2D eigenvalue weighted by Crippen LogP contribution is 2.23. The number of anilines is 1. The fourth-order valence-electron chi connectivity index (χ4n) is 3.19. The maximum atomic E-state index is 12.5. The van der Waals surface area contributed by atoms with Crippen molar-refractivity contribution >= 4 is 40.5 Å². The molecule has 8 nitrogen and oxygen atoms in total. The van der Waals surface area contributed by atoms with E-state index in [1.54, 1.807) is 24.3 Å². The monoisotopic (exact) mass is 444 g/mol. The van der Waals surface area contributed by atoms with Gasteiger partial charge in [-0.25, -0.2) is 4.79 Å². The second-order valence-corrected chi connectivity index (χ2v) is 7.77.